The highest BCUT2D eigenvalue weighted by molar-refractivity contribution is 7.92. The molecule has 1 aliphatic heterocycles. The van der Waals surface area contributed by atoms with E-state index in [9.17, 15) is 26.4 Å². The van der Waals surface area contributed by atoms with E-state index in [1.165, 1.54) is 13.8 Å². The predicted octanol–water partition coefficient (Wildman–Crippen LogP) is 2.78. The summed E-state index contributed by atoms with van der Waals surface area (Å²) in [5, 5.41) is 2.62. The molecule has 4 nitrogen and oxygen atoms in total. The second-order valence-corrected chi connectivity index (χ2v) is 8.70. The lowest BCUT2D eigenvalue weighted by Gasteiger charge is -2.36. The number of halogens is 3. The van der Waals surface area contributed by atoms with Crippen LogP contribution in [0.2, 0.25) is 0 Å². The highest BCUT2D eigenvalue weighted by atomic mass is 32.2. The van der Waals surface area contributed by atoms with Crippen molar-refractivity contribution < 1.29 is 26.4 Å². The molecule has 2 rings (SSSR count). The molecule has 0 aromatic heterocycles. The summed E-state index contributed by atoms with van der Waals surface area (Å²) < 4.78 is 62.8. The minimum atomic E-state index is -4.61. The number of hydrogen-bond acceptors (Lipinski definition) is 3. The Kier molecular flexibility index (Phi) is 4.49. The first-order chi connectivity index (χ1) is 10.5. The van der Waals surface area contributed by atoms with Crippen molar-refractivity contribution in [3.05, 3.63) is 29.8 Å². The molecule has 1 heterocycles. The quantitative estimate of drug-likeness (QED) is 0.913. The number of rotatable bonds is 3. The van der Waals surface area contributed by atoms with Gasteiger partial charge < -0.3 is 5.32 Å². The molecule has 1 aromatic rings. The lowest BCUT2D eigenvalue weighted by molar-refractivity contribution is -0.137. The van der Waals surface area contributed by atoms with Crippen LogP contribution in [0, 0.1) is 5.92 Å². The minimum absolute atomic E-state index is 0.0468. The minimum Gasteiger partial charge on any atom is -0.356 e. The SMILES string of the molecule is CC(C)([C@@H]1CCNC(=O)C1)S(=O)(=O)c1cccc(C(F)(F)F)c1. The van der Waals surface area contributed by atoms with Crippen molar-refractivity contribution in [2.45, 2.75) is 42.5 Å². The molecule has 0 saturated carbocycles. The standard InChI is InChI=1S/C15H18F3NO3S/c1-14(2,10-6-7-19-13(20)9-10)23(21,22)12-5-3-4-11(8-12)15(16,17)18/h3-5,8,10H,6-7,9H2,1-2H3,(H,19,20)/t10-/m1/s1. The third kappa shape index (κ3) is 3.36. The van der Waals surface area contributed by atoms with Crippen molar-refractivity contribution in [3.63, 3.8) is 0 Å². The van der Waals surface area contributed by atoms with Crippen molar-refractivity contribution in [2.24, 2.45) is 5.92 Å². The lowest BCUT2D eigenvalue weighted by atomic mass is 9.86. The number of hydrogen-bond donors (Lipinski definition) is 1. The molecular formula is C15H18F3NO3S. The van der Waals surface area contributed by atoms with E-state index in [2.05, 4.69) is 5.32 Å². The molecule has 23 heavy (non-hydrogen) atoms. The molecule has 0 radical (unpaired) electrons. The summed E-state index contributed by atoms with van der Waals surface area (Å²) >= 11 is 0. The fourth-order valence-electron chi connectivity index (χ4n) is 2.74. The summed E-state index contributed by atoms with van der Waals surface area (Å²) in [6.45, 7) is 3.29. The molecule has 1 amide bonds. The van der Waals surface area contributed by atoms with Crippen LogP contribution in [0.25, 0.3) is 0 Å². The fourth-order valence-corrected chi connectivity index (χ4v) is 4.53. The molecule has 8 heteroatoms. The maximum Gasteiger partial charge on any atom is 0.416 e. The Bertz CT molecular complexity index is 711. The van der Waals surface area contributed by atoms with Crippen LogP contribution in [-0.2, 0) is 20.8 Å². The molecule has 1 fully saturated rings. The number of piperidine rings is 1. The Balaban J connectivity index is 2.42. The summed E-state index contributed by atoms with van der Waals surface area (Å²) in [5.74, 6) is -0.690. The molecule has 1 N–H and O–H groups in total. The Hall–Kier alpha value is -1.57. The maximum atomic E-state index is 12.8. The van der Waals surface area contributed by atoms with Crippen molar-refractivity contribution in [3.8, 4) is 0 Å². The summed E-state index contributed by atoms with van der Waals surface area (Å²) in [7, 11) is -4.02. The predicted molar refractivity (Wildman–Crippen MR) is 78.4 cm³/mol. The van der Waals surface area contributed by atoms with Crippen LogP contribution < -0.4 is 5.32 Å². The first-order valence-corrected chi connectivity index (χ1v) is 8.63. The number of carbonyl (C=O) groups is 1. The van der Waals surface area contributed by atoms with Gasteiger partial charge in [0, 0.05) is 13.0 Å². The van der Waals surface area contributed by atoms with Crippen LogP contribution in [0.3, 0.4) is 0 Å². The second-order valence-electron chi connectivity index (χ2n) is 6.17. The van der Waals surface area contributed by atoms with E-state index in [4.69, 9.17) is 0 Å². The van der Waals surface area contributed by atoms with E-state index in [1.807, 2.05) is 0 Å². The average molecular weight is 349 g/mol. The van der Waals surface area contributed by atoms with Gasteiger partial charge in [-0.25, -0.2) is 8.42 Å². The van der Waals surface area contributed by atoms with E-state index < -0.39 is 32.2 Å². The molecule has 1 atom stereocenters. The summed E-state index contributed by atoms with van der Waals surface area (Å²) in [6.07, 6.45) is -4.09. The molecule has 0 bridgehead atoms. The van der Waals surface area contributed by atoms with Crippen LogP contribution in [0.1, 0.15) is 32.3 Å². The molecule has 1 saturated heterocycles. The van der Waals surface area contributed by atoms with Gasteiger partial charge in [-0.15, -0.1) is 0 Å². The zero-order valence-electron chi connectivity index (χ0n) is 12.8. The zero-order chi connectivity index (χ0) is 17.5. The molecule has 0 aliphatic carbocycles. The van der Waals surface area contributed by atoms with Crippen molar-refractivity contribution in [1.82, 2.24) is 5.32 Å². The Morgan fingerprint density at radius 1 is 1.22 bits per heavy atom. The number of alkyl halides is 3. The highest BCUT2D eigenvalue weighted by Gasteiger charge is 2.45. The summed E-state index contributed by atoms with van der Waals surface area (Å²) in [5.41, 5.74) is -1.00. The van der Waals surface area contributed by atoms with Gasteiger partial charge in [0.25, 0.3) is 0 Å². The van der Waals surface area contributed by atoms with Gasteiger partial charge in [-0.3, -0.25) is 4.79 Å². The largest absolute Gasteiger partial charge is 0.416 e. The van der Waals surface area contributed by atoms with Gasteiger partial charge in [0.15, 0.2) is 9.84 Å². The Morgan fingerprint density at radius 3 is 2.43 bits per heavy atom. The van der Waals surface area contributed by atoms with Crippen molar-refractivity contribution in [2.75, 3.05) is 6.54 Å². The second kappa shape index (κ2) is 5.81. The Labute approximate surface area is 133 Å². The molecule has 1 aromatic carbocycles. The van der Waals surface area contributed by atoms with E-state index in [0.29, 0.717) is 19.0 Å². The van der Waals surface area contributed by atoms with Crippen LogP contribution in [-0.4, -0.2) is 25.6 Å². The highest BCUT2D eigenvalue weighted by Crippen LogP contribution is 2.38. The van der Waals surface area contributed by atoms with Crippen LogP contribution in [0.15, 0.2) is 29.2 Å². The average Bonchev–Trinajstić information content (AvgIpc) is 2.46. The zero-order valence-corrected chi connectivity index (χ0v) is 13.6. The molecular weight excluding hydrogens is 331 g/mol. The molecule has 1 aliphatic rings. The normalized spacial score (nSPS) is 20.2. The first-order valence-electron chi connectivity index (χ1n) is 7.15. The number of benzene rings is 1. The van der Waals surface area contributed by atoms with E-state index in [1.54, 1.807) is 0 Å². The Morgan fingerprint density at radius 2 is 1.87 bits per heavy atom. The van der Waals surface area contributed by atoms with Gasteiger partial charge in [-0.2, -0.15) is 13.2 Å². The molecule has 0 unspecified atom stereocenters. The van der Waals surface area contributed by atoms with Gasteiger partial charge in [-0.1, -0.05) is 6.07 Å². The molecule has 128 valence electrons. The van der Waals surface area contributed by atoms with E-state index in [0.717, 1.165) is 18.2 Å². The van der Waals surface area contributed by atoms with Gasteiger partial charge in [0.1, 0.15) is 0 Å². The van der Waals surface area contributed by atoms with Crippen molar-refractivity contribution in [1.29, 1.82) is 0 Å². The number of sulfone groups is 1. The monoisotopic (exact) mass is 349 g/mol. The number of nitrogens with one attached hydrogen (secondary N) is 1. The molecule has 0 spiro atoms. The maximum absolute atomic E-state index is 12.8. The summed E-state index contributed by atoms with van der Waals surface area (Å²) in [6, 6.07) is 3.73. The first kappa shape index (κ1) is 17.8. The van der Waals surface area contributed by atoms with Gasteiger partial charge in [0.05, 0.1) is 15.2 Å². The van der Waals surface area contributed by atoms with E-state index in [-0.39, 0.29) is 17.2 Å². The van der Waals surface area contributed by atoms with Crippen LogP contribution in [0.4, 0.5) is 13.2 Å². The smallest absolute Gasteiger partial charge is 0.356 e. The van der Waals surface area contributed by atoms with Gasteiger partial charge in [0.2, 0.25) is 5.91 Å². The number of carbonyl (C=O) groups excluding carboxylic acids is 1. The third-order valence-electron chi connectivity index (χ3n) is 4.39. The lowest BCUT2D eigenvalue weighted by Crippen LogP contribution is -2.47. The number of amides is 1. The van der Waals surface area contributed by atoms with E-state index >= 15 is 0 Å². The van der Waals surface area contributed by atoms with Crippen LogP contribution >= 0.6 is 0 Å². The van der Waals surface area contributed by atoms with Gasteiger partial charge in [-0.05, 0) is 44.4 Å². The third-order valence-corrected chi connectivity index (χ3v) is 6.99. The van der Waals surface area contributed by atoms with Crippen molar-refractivity contribution >= 4 is 15.7 Å². The summed E-state index contributed by atoms with van der Waals surface area (Å²) in [4.78, 5) is 11.1. The van der Waals surface area contributed by atoms with Gasteiger partial charge >= 0.3 is 6.18 Å². The topological polar surface area (TPSA) is 63.2 Å². The van der Waals surface area contributed by atoms with Crippen LogP contribution in [0.5, 0.6) is 0 Å². The fraction of sp³-hybridized carbons (Fsp3) is 0.533.